The van der Waals surface area contributed by atoms with Crippen LogP contribution in [-0.4, -0.2) is 41.9 Å². The van der Waals surface area contributed by atoms with Crippen LogP contribution in [0.15, 0.2) is 23.1 Å². The zero-order valence-electron chi connectivity index (χ0n) is 13.6. The molecule has 0 bridgehead atoms. The van der Waals surface area contributed by atoms with Crippen molar-refractivity contribution in [1.29, 1.82) is 0 Å². The van der Waals surface area contributed by atoms with E-state index in [4.69, 9.17) is 4.74 Å². The molecule has 1 N–H and O–H groups in total. The van der Waals surface area contributed by atoms with Crippen molar-refractivity contribution in [3.05, 3.63) is 39.9 Å². The smallest absolute Gasteiger partial charge is 0.341 e. The molecule has 1 aliphatic rings. The van der Waals surface area contributed by atoms with Crippen molar-refractivity contribution in [2.75, 3.05) is 31.2 Å². The predicted octanol–water partition coefficient (Wildman–Crippen LogP) is 2.26. The van der Waals surface area contributed by atoms with E-state index in [1.807, 2.05) is 18.7 Å². The summed E-state index contributed by atoms with van der Waals surface area (Å²) in [6.07, 6.45) is 1.33. The van der Waals surface area contributed by atoms with Crippen LogP contribution in [0.2, 0.25) is 0 Å². The van der Waals surface area contributed by atoms with E-state index < -0.39 is 17.2 Å². The molecule has 128 valence electrons. The molecule has 7 heteroatoms. The van der Waals surface area contributed by atoms with E-state index in [1.54, 1.807) is 10.6 Å². The molecule has 0 aliphatic carbocycles. The molecule has 1 aromatic heterocycles. The summed E-state index contributed by atoms with van der Waals surface area (Å²) >= 11 is 0. The van der Waals surface area contributed by atoms with Gasteiger partial charge in [-0.15, -0.1) is 0 Å². The predicted molar refractivity (Wildman–Crippen MR) is 88.5 cm³/mol. The maximum Gasteiger partial charge on any atom is 0.341 e. The molecule has 3 rings (SSSR count). The third kappa shape index (κ3) is 2.75. The lowest BCUT2D eigenvalue weighted by Gasteiger charge is -2.29. The van der Waals surface area contributed by atoms with E-state index in [1.165, 1.54) is 6.20 Å². The molecule has 2 heterocycles. The van der Waals surface area contributed by atoms with Crippen molar-refractivity contribution in [2.45, 2.75) is 19.9 Å². The molecule has 0 amide bonds. The van der Waals surface area contributed by atoms with Crippen molar-refractivity contribution in [3.8, 4) is 0 Å². The number of halogens is 1. The number of aromatic carboxylic acids is 1. The first-order chi connectivity index (χ1) is 11.4. The second-order valence-electron chi connectivity index (χ2n) is 6.10. The molecule has 0 unspecified atom stereocenters. The molecule has 2 aromatic rings. The van der Waals surface area contributed by atoms with Gasteiger partial charge >= 0.3 is 5.97 Å². The number of rotatable bonds is 3. The number of hydrogen-bond donors (Lipinski definition) is 1. The Kier molecular flexibility index (Phi) is 4.28. The summed E-state index contributed by atoms with van der Waals surface area (Å²) in [6, 6.07) is 2.70. The van der Waals surface area contributed by atoms with E-state index in [2.05, 4.69) is 0 Å². The van der Waals surface area contributed by atoms with Gasteiger partial charge in [0.15, 0.2) is 0 Å². The van der Waals surface area contributed by atoms with Gasteiger partial charge in [0.1, 0.15) is 11.4 Å². The van der Waals surface area contributed by atoms with Crippen LogP contribution in [0.1, 0.15) is 30.2 Å². The van der Waals surface area contributed by atoms with E-state index in [9.17, 15) is 19.1 Å². The van der Waals surface area contributed by atoms with Crippen LogP contribution in [0.25, 0.3) is 10.9 Å². The molecule has 24 heavy (non-hydrogen) atoms. The topological polar surface area (TPSA) is 71.8 Å². The zero-order chi connectivity index (χ0) is 17.4. The average molecular weight is 334 g/mol. The summed E-state index contributed by atoms with van der Waals surface area (Å²) in [7, 11) is 0. The number of benzene rings is 1. The lowest BCUT2D eigenvalue weighted by molar-refractivity contribution is 0.0694. The fourth-order valence-electron chi connectivity index (χ4n) is 2.98. The molecule has 0 atom stereocenters. The second kappa shape index (κ2) is 6.24. The summed E-state index contributed by atoms with van der Waals surface area (Å²) in [4.78, 5) is 25.6. The molecule has 1 saturated heterocycles. The van der Waals surface area contributed by atoms with E-state index in [-0.39, 0.29) is 17.0 Å². The highest BCUT2D eigenvalue weighted by molar-refractivity contribution is 5.93. The Bertz CT molecular complexity index is 854. The Morgan fingerprint density at radius 2 is 1.96 bits per heavy atom. The minimum Gasteiger partial charge on any atom is -0.477 e. The molecule has 0 radical (unpaired) electrons. The number of fused-ring (bicyclic) bond motifs is 1. The molecular formula is C17H19FN2O4. The van der Waals surface area contributed by atoms with Gasteiger partial charge in [0.05, 0.1) is 24.4 Å². The summed E-state index contributed by atoms with van der Waals surface area (Å²) in [5.74, 6) is -1.84. The molecule has 0 saturated carbocycles. The van der Waals surface area contributed by atoms with Gasteiger partial charge in [-0.3, -0.25) is 4.79 Å². The van der Waals surface area contributed by atoms with Gasteiger partial charge in [0.25, 0.3) is 0 Å². The van der Waals surface area contributed by atoms with Crippen molar-refractivity contribution in [1.82, 2.24) is 4.57 Å². The highest BCUT2D eigenvalue weighted by Gasteiger charge is 2.21. The van der Waals surface area contributed by atoms with Crippen LogP contribution in [-0.2, 0) is 4.74 Å². The first-order valence-corrected chi connectivity index (χ1v) is 7.84. The molecule has 0 spiro atoms. The summed E-state index contributed by atoms with van der Waals surface area (Å²) in [6.45, 7) is 5.95. The maximum absolute atomic E-state index is 14.6. The van der Waals surface area contributed by atoms with E-state index in [0.717, 1.165) is 6.07 Å². The number of carboxylic acids is 1. The van der Waals surface area contributed by atoms with Gasteiger partial charge in [-0.05, 0) is 26.0 Å². The minimum absolute atomic E-state index is 0.0748. The Morgan fingerprint density at radius 3 is 2.54 bits per heavy atom. The van der Waals surface area contributed by atoms with Crippen molar-refractivity contribution in [3.63, 3.8) is 0 Å². The number of ether oxygens (including phenoxy) is 1. The average Bonchev–Trinajstić information content (AvgIpc) is 2.55. The largest absolute Gasteiger partial charge is 0.477 e. The van der Waals surface area contributed by atoms with Crippen molar-refractivity contribution >= 4 is 22.6 Å². The fourth-order valence-corrected chi connectivity index (χ4v) is 2.98. The number of hydrogen-bond acceptors (Lipinski definition) is 4. The van der Waals surface area contributed by atoms with E-state index in [0.29, 0.717) is 37.5 Å². The van der Waals surface area contributed by atoms with Gasteiger partial charge < -0.3 is 19.3 Å². The van der Waals surface area contributed by atoms with Crippen LogP contribution in [0.3, 0.4) is 0 Å². The second-order valence-corrected chi connectivity index (χ2v) is 6.10. The lowest BCUT2D eigenvalue weighted by atomic mass is 10.1. The molecule has 1 aromatic carbocycles. The first kappa shape index (κ1) is 16.4. The Balaban J connectivity index is 2.28. The van der Waals surface area contributed by atoms with Crippen molar-refractivity contribution in [2.24, 2.45) is 0 Å². The molecular weight excluding hydrogens is 315 g/mol. The number of anilines is 1. The van der Waals surface area contributed by atoms with E-state index >= 15 is 0 Å². The molecule has 1 fully saturated rings. The molecule has 1 aliphatic heterocycles. The standard InChI is InChI=1S/C17H19FN2O4/c1-10(2)20-9-12(17(22)23)16(21)11-7-13(18)15(8-14(11)20)19-3-5-24-6-4-19/h7-10H,3-6H2,1-2H3,(H,22,23). The fraction of sp³-hybridized carbons (Fsp3) is 0.412. The van der Waals surface area contributed by atoms with Gasteiger partial charge in [-0.1, -0.05) is 0 Å². The zero-order valence-corrected chi connectivity index (χ0v) is 13.6. The van der Waals surface area contributed by atoms with Crippen molar-refractivity contribution < 1.29 is 19.0 Å². The Morgan fingerprint density at radius 1 is 1.29 bits per heavy atom. The van der Waals surface area contributed by atoms with Gasteiger partial charge in [-0.25, -0.2) is 9.18 Å². The lowest BCUT2D eigenvalue weighted by Crippen LogP contribution is -2.36. The Hall–Kier alpha value is -2.41. The molecule has 6 nitrogen and oxygen atoms in total. The number of nitrogens with zero attached hydrogens (tertiary/aromatic N) is 2. The first-order valence-electron chi connectivity index (χ1n) is 7.84. The third-order valence-electron chi connectivity index (χ3n) is 4.24. The van der Waals surface area contributed by atoms with Gasteiger partial charge in [-0.2, -0.15) is 0 Å². The highest BCUT2D eigenvalue weighted by Crippen LogP contribution is 2.27. The van der Waals surface area contributed by atoms with Gasteiger partial charge in [0.2, 0.25) is 5.43 Å². The third-order valence-corrected chi connectivity index (χ3v) is 4.24. The number of carbonyl (C=O) groups is 1. The Labute approximate surface area is 138 Å². The van der Waals surface area contributed by atoms with Crippen LogP contribution >= 0.6 is 0 Å². The highest BCUT2D eigenvalue weighted by atomic mass is 19.1. The van der Waals surface area contributed by atoms with Crippen LogP contribution in [0.4, 0.5) is 10.1 Å². The number of aromatic nitrogens is 1. The van der Waals surface area contributed by atoms with Crippen LogP contribution < -0.4 is 10.3 Å². The summed E-state index contributed by atoms with van der Waals surface area (Å²) in [5, 5.41) is 9.31. The maximum atomic E-state index is 14.6. The minimum atomic E-state index is -1.31. The van der Waals surface area contributed by atoms with Gasteiger partial charge in [0, 0.05) is 30.7 Å². The number of pyridine rings is 1. The number of carboxylic acid groups (broad SMARTS) is 1. The summed E-state index contributed by atoms with van der Waals surface area (Å²) in [5.41, 5.74) is -0.0814. The number of morpholine rings is 1. The van der Waals surface area contributed by atoms with Crippen LogP contribution in [0.5, 0.6) is 0 Å². The SMILES string of the molecule is CC(C)n1cc(C(=O)O)c(=O)c2cc(F)c(N3CCOCC3)cc21. The van der Waals surface area contributed by atoms with Crippen LogP contribution in [0, 0.1) is 5.82 Å². The normalized spacial score (nSPS) is 15.2. The monoisotopic (exact) mass is 334 g/mol. The quantitative estimate of drug-likeness (QED) is 0.932. The summed E-state index contributed by atoms with van der Waals surface area (Å²) < 4.78 is 21.6.